The minimum absolute atomic E-state index is 0.253. The molecule has 0 aliphatic heterocycles. The molecule has 0 amide bonds. The molecule has 2 heterocycles. The van der Waals surface area contributed by atoms with Crippen LogP contribution >= 0.6 is 0 Å². The first-order valence-electron chi connectivity index (χ1n) is 5.68. The lowest BCUT2D eigenvalue weighted by Gasteiger charge is -2.17. The molecule has 4 nitrogen and oxygen atoms in total. The third-order valence-corrected chi connectivity index (χ3v) is 2.73. The van der Waals surface area contributed by atoms with E-state index in [4.69, 9.17) is 5.26 Å². The number of hydrogen-bond acceptors (Lipinski definition) is 3. The molecule has 0 saturated heterocycles. The van der Waals surface area contributed by atoms with Gasteiger partial charge in [0.25, 0.3) is 0 Å². The molecule has 0 fully saturated rings. The number of aromatic nitrogens is 3. The van der Waals surface area contributed by atoms with Crippen LogP contribution in [0.1, 0.15) is 37.1 Å². The van der Waals surface area contributed by atoms with Crippen molar-refractivity contribution in [1.29, 1.82) is 5.26 Å². The van der Waals surface area contributed by atoms with Gasteiger partial charge in [0.2, 0.25) is 0 Å². The molecule has 0 saturated carbocycles. The average molecular weight is 226 g/mol. The van der Waals surface area contributed by atoms with Crippen LogP contribution in [0.4, 0.5) is 0 Å². The largest absolute Gasteiger partial charge is 0.330 e. The number of nitriles is 1. The second kappa shape index (κ2) is 5.26. The molecule has 0 N–H and O–H groups in total. The van der Waals surface area contributed by atoms with Crippen LogP contribution < -0.4 is 0 Å². The summed E-state index contributed by atoms with van der Waals surface area (Å²) in [5.41, 5.74) is 1.57. The number of rotatable bonds is 4. The Kier molecular flexibility index (Phi) is 3.51. The molecule has 1 atom stereocenters. The van der Waals surface area contributed by atoms with E-state index in [0.29, 0.717) is 5.69 Å². The number of nitrogens with zero attached hydrogens (tertiary/aromatic N) is 4. The van der Waals surface area contributed by atoms with Gasteiger partial charge in [-0.15, -0.1) is 0 Å². The lowest BCUT2D eigenvalue weighted by Crippen LogP contribution is -2.09. The summed E-state index contributed by atoms with van der Waals surface area (Å²) in [5, 5.41) is 8.73. The highest BCUT2D eigenvalue weighted by molar-refractivity contribution is 5.25. The molecule has 1 unspecified atom stereocenters. The summed E-state index contributed by atoms with van der Waals surface area (Å²) in [4.78, 5) is 8.19. The smallest absolute Gasteiger partial charge is 0.140 e. The Hall–Kier alpha value is -2.15. The predicted octanol–water partition coefficient (Wildman–Crippen LogP) is 2.54. The van der Waals surface area contributed by atoms with Crippen LogP contribution in [-0.4, -0.2) is 14.5 Å². The Labute approximate surface area is 101 Å². The summed E-state index contributed by atoms with van der Waals surface area (Å²) >= 11 is 0. The molecule has 0 spiro atoms. The van der Waals surface area contributed by atoms with Crippen molar-refractivity contribution in [2.24, 2.45) is 0 Å². The monoisotopic (exact) mass is 226 g/mol. The number of pyridine rings is 1. The van der Waals surface area contributed by atoms with Gasteiger partial charge in [-0.1, -0.05) is 19.4 Å². The summed E-state index contributed by atoms with van der Waals surface area (Å²) in [7, 11) is 0. The molecule has 2 aromatic heterocycles. The zero-order valence-electron chi connectivity index (χ0n) is 9.74. The van der Waals surface area contributed by atoms with Crippen molar-refractivity contribution in [2.75, 3.05) is 0 Å². The fraction of sp³-hybridized carbons (Fsp3) is 0.308. The van der Waals surface area contributed by atoms with Gasteiger partial charge in [0, 0.05) is 18.6 Å². The molecule has 4 heteroatoms. The van der Waals surface area contributed by atoms with Gasteiger partial charge in [0.05, 0.1) is 12.4 Å². The maximum atomic E-state index is 8.73. The van der Waals surface area contributed by atoms with E-state index in [9.17, 15) is 0 Å². The Bertz CT molecular complexity index is 493. The van der Waals surface area contributed by atoms with Gasteiger partial charge in [-0.05, 0) is 18.1 Å². The minimum atomic E-state index is 0.253. The Morgan fingerprint density at radius 2 is 2.35 bits per heavy atom. The van der Waals surface area contributed by atoms with Crippen LogP contribution in [0.25, 0.3) is 0 Å². The second-order valence-electron chi connectivity index (χ2n) is 3.90. The molecule has 0 aliphatic carbocycles. The molecular formula is C13H14N4. The van der Waals surface area contributed by atoms with Crippen molar-refractivity contribution in [3.05, 3.63) is 48.3 Å². The second-order valence-corrected chi connectivity index (χ2v) is 3.90. The van der Waals surface area contributed by atoms with Crippen LogP contribution in [0, 0.1) is 11.3 Å². The molecule has 86 valence electrons. The summed E-state index contributed by atoms with van der Waals surface area (Å²) < 4.78 is 2.08. The maximum Gasteiger partial charge on any atom is 0.140 e. The van der Waals surface area contributed by atoms with Gasteiger partial charge in [-0.25, -0.2) is 9.97 Å². The lowest BCUT2D eigenvalue weighted by atomic mass is 10.0. The fourth-order valence-corrected chi connectivity index (χ4v) is 1.88. The highest BCUT2D eigenvalue weighted by Gasteiger charge is 2.12. The molecule has 0 bridgehead atoms. The van der Waals surface area contributed by atoms with Crippen molar-refractivity contribution in [3.8, 4) is 6.07 Å². The van der Waals surface area contributed by atoms with Crippen LogP contribution in [0.15, 0.2) is 37.1 Å². The van der Waals surface area contributed by atoms with E-state index in [-0.39, 0.29) is 6.04 Å². The number of hydrogen-bond donors (Lipinski definition) is 0. The topological polar surface area (TPSA) is 54.5 Å². The van der Waals surface area contributed by atoms with Gasteiger partial charge in [-0.2, -0.15) is 5.26 Å². The fourth-order valence-electron chi connectivity index (χ4n) is 1.88. The van der Waals surface area contributed by atoms with Gasteiger partial charge in [0.1, 0.15) is 11.8 Å². The molecule has 17 heavy (non-hydrogen) atoms. The first-order chi connectivity index (χ1) is 8.35. The minimum Gasteiger partial charge on any atom is -0.330 e. The summed E-state index contributed by atoms with van der Waals surface area (Å²) in [6, 6.07) is 6.01. The third kappa shape index (κ3) is 2.51. The molecule has 0 aliphatic rings. The first-order valence-corrected chi connectivity index (χ1v) is 5.68. The van der Waals surface area contributed by atoms with Crippen molar-refractivity contribution in [2.45, 2.75) is 25.8 Å². The van der Waals surface area contributed by atoms with Crippen molar-refractivity contribution >= 4 is 0 Å². The van der Waals surface area contributed by atoms with Crippen LogP contribution in [0.3, 0.4) is 0 Å². The summed E-state index contributed by atoms with van der Waals surface area (Å²) in [5.74, 6) is 0. The zero-order valence-corrected chi connectivity index (χ0v) is 9.74. The van der Waals surface area contributed by atoms with Crippen molar-refractivity contribution in [3.63, 3.8) is 0 Å². The highest BCUT2D eigenvalue weighted by atomic mass is 15.0. The lowest BCUT2D eigenvalue weighted by molar-refractivity contribution is 0.531. The molecule has 2 aromatic rings. The van der Waals surface area contributed by atoms with Crippen molar-refractivity contribution in [1.82, 2.24) is 14.5 Å². The number of imidazole rings is 1. The van der Waals surface area contributed by atoms with E-state index in [0.717, 1.165) is 18.4 Å². The van der Waals surface area contributed by atoms with Gasteiger partial charge < -0.3 is 4.57 Å². The van der Waals surface area contributed by atoms with E-state index in [1.165, 1.54) is 0 Å². The van der Waals surface area contributed by atoms with E-state index in [1.807, 2.05) is 24.7 Å². The van der Waals surface area contributed by atoms with Crippen LogP contribution in [0.5, 0.6) is 0 Å². The van der Waals surface area contributed by atoms with E-state index in [2.05, 4.69) is 21.5 Å². The Morgan fingerprint density at radius 3 is 2.88 bits per heavy atom. The molecular weight excluding hydrogens is 212 g/mol. The third-order valence-electron chi connectivity index (χ3n) is 2.73. The molecule has 0 radical (unpaired) electrons. The average Bonchev–Trinajstić information content (AvgIpc) is 2.90. The Morgan fingerprint density at radius 1 is 1.47 bits per heavy atom. The summed E-state index contributed by atoms with van der Waals surface area (Å²) in [6.45, 7) is 2.15. The van der Waals surface area contributed by atoms with Gasteiger partial charge >= 0.3 is 0 Å². The normalized spacial score (nSPS) is 12.0. The van der Waals surface area contributed by atoms with Crippen molar-refractivity contribution < 1.29 is 0 Å². The quantitative estimate of drug-likeness (QED) is 0.805. The first kappa shape index (κ1) is 11.3. The van der Waals surface area contributed by atoms with Gasteiger partial charge in [0.15, 0.2) is 0 Å². The SMILES string of the molecule is CCCC(c1ccc(C#N)nc1)n1ccnc1. The van der Waals surface area contributed by atoms with E-state index < -0.39 is 0 Å². The standard InChI is InChI=1S/C13H14N4/c1-2-3-13(17-7-6-15-10-17)11-4-5-12(8-14)16-9-11/h4-7,9-10,13H,2-3H2,1H3. The van der Waals surface area contributed by atoms with E-state index in [1.54, 1.807) is 18.5 Å². The van der Waals surface area contributed by atoms with Crippen LogP contribution in [-0.2, 0) is 0 Å². The van der Waals surface area contributed by atoms with Crippen LogP contribution in [0.2, 0.25) is 0 Å². The summed E-state index contributed by atoms with van der Waals surface area (Å²) in [6.07, 6.45) is 9.45. The predicted molar refractivity (Wildman–Crippen MR) is 64.2 cm³/mol. The van der Waals surface area contributed by atoms with Gasteiger partial charge in [-0.3, -0.25) is 0 Å². The molecule has 0 aromatic carbocycles. The van der Waals surface area contributed by atoms with E-state index >= 15 is 0 Å². The Balaban J connectivity index is 2.30. The zero-order chi connectivity index (χ0) is 12.1. The highest BCUT2D eigenvalue weighted by Crippen LogP contribution is 2.22. The molecule has 2 rings (SSSR count). The maximum absolute atomic E-state index is 8.73.